The fourth-order valence-electron chi connectivity index (χ4n) is 3.31. The molecule has 1 aliphatic heterocycles. The van der Waals surface area contributed by atoms with Crippen molar-refractivity contribution in [1.29, 1.82) is 0 Å². The molecule has 1 amide bonds. The first-order valence-electron chi connectivity index (χ1n) is 8.91. The Morgan fingerprint density at radius 1 is 1.12 bits per heavy atom. The van der Waals surface area contributed by atoms with Crippen LogP contribution < -0.4 is 4.90 Å². The lowest BCUT2D eigenvalue weighted by atomic mass is 10.1. The molecule has 1 fully saturated rings. The molecule has 1 aliphatic rings. The van der Waals surface area contributed by atoms with Gasteiger partial charge >= 0.3 is 0 Å². The molecule has 0 N–H and O–H groups in total. The van der Waals surface area contributed by atoms with Crippen LogP contribution in [0.1, 0.15) is 28.9 Å². The Morgan fingerprint density at radius 3 is 2.76 bits per heavy atom. The quantitative estimate of drug-likeness (QED) is 0.863. The van der Waals surface area contributed by atoms with E-state index in [1.807, 2.05) is 30.9 Å². The van der Waals surface area contributed by atoms with E-state index in [1.165, 1.54) is 5.56 Å². The van der Waals surface area contributed by atoms with Crippen molar-refractivity contribution in [2.75, 3.05) is 31.1 Å². The highest BCUT2D eigenvalue weighted by atomic mass is 16.2. The molecular formula is C20H26N4O. The number of amides is 1. The highest BCUT2D eigenvalue weighted by Crippen LogP contribution is 2.18. The molecule has 3 rings (SSSR count). The molecule has 0 radical (unpaired) electrons. The van der Waals surface area contributed by atoms with E-state index in [0.29, 0.717) is 6.42 Å². The molecule has 0 atom stereocenters. The van der Waals surface area contributed by atoms with Crippen LogP contribution in [0.3, 0.4) is 0 Å². The van der Waals surface area contributed by atoms with Gasteiger partial charge in [-0.25, -0.2) is 4.98 Å². The summed E-state index contributed by atoms with van der Waals surface area (Å²) < 4.78 is 0. The van der Waals surface area contributed by atoms with Crippen molar-refractivity contribution in [1.82, 2.24) is 14.9 Å². The second kappa shape index (κ2) is 7.64. The third kappa shape index (κ3) is 4.35. The van der Waals surface area contributed by atoms with Crippen LogP contribution in [0.5, 0.6) is 0 Å². The second-order valence-corrected chi connectivity index (χ2v) is 6.81. The van der Waals surface area contributed by atoms with Gasteiger partial charge in [-0.05, 0) is 32.8 Å². The number of carbonyl (C=O) groups excluding carboxylic acids is 1. The van der Waals surface area contributed by atoms with E-state index < -0.39 is 0 Å². The number of nitrogens with zero attached hydrogens (tertiary/aromatic N) is 4. The standard InChI is InChI=1S/C20H26N4O/c1-15-6-4-7-18(12-15)13-19(25)23-8-5-9-24(11-10-23)20-17(3)21-14-16(2)22-20/h4,6-7,12,14H,5,8-11,13H2,1-3H3. The third-order valence-electron chi connectivity index (χ3n) is 4.64. The number of aromatic nitrogens is 2. The van der Waals surface area contributed by atoms with E-state index in [2.05, 4.69) is 33.9 Å². The Hall–Kier alpha value is -2.43. The van der Waals surface area contributed by atoms with Gasteiger partial charge in [-0.2, -0.15) is 0 Å². The normalized spacial score (nSPS) is 15.2. The number of aryl methyl sites for hydroxylation is 3. The van der Waals surface area contributed by atoms with Crippen molar-refractivity contribution in [3.8, 4) is 0 Å². The van der Waals surface area contributed by atoms with Gasteiger partial charge in [-0.1, -0.05) is 29.8 Å². The minimum atomic E-state index is 0.208. The monoisotopic (exact) mass is 338 g/mol. The maximum absolute atomic E-state index is 12.7. The maximum Gasteiger partial charge on any atom is 0.227 e. The minimum Gasteiger partial charge on any atom is -0.353 e. The molecule has 2 heterocycles. The summed E-state index contributed by atoms with van der Waals surface area (Å²) >= 11 is 0. The predicted molar refractivity (Wildman–Crippen MR) is 99.8 cm³/mol. The lowest BCUT2D eigenvalue weighted by Crippen LogP contribution is -2.36. The molecule has 132 valence electrons. The van der Waals surface area contributed by atoms with Crippen molar-refractivity contribution in [2.45, 2.75) is 33.6 Å². The van der Waals surface area contributed by atoms with E-state index in [-0.39, 0.29) is 5.91 Å². The number of anilines is 1. The zero-order valence-electron chi connectivity index (χ0n) is 15.3. The van der Waals surface area contributed by atoms with Crippen LogP contribution in [0, 0.1) is 20.8 Å². The fraction of sp³-hybridized carbons (Fsp3) is 0.450. The van der Waals surface area contributed by atoms with Crippen molar-refractivity contribution in [2.24, 2.45) is 0 Å². The molecule has 0 bridgehead atoms. The van der Waals surface area contributed by atoms with Gasteiger partial charge < -0.3 is 9.80 Å². The van der Waals surface area contributed by atoms with Gasteiger partial charge in [-0.3, -0.25) is 9.78 Å². The maximum atomic E-state index is 12.7. The van der Waals surface area contributed by atoms with Crippen molar-refractivity contribution < 1.29 is 4.79 Å². The first kappa shape index (κ1) is 17.4. The number of carbonyl (C=O) groups is 1. The van der Waals surface area contributed by atoms with Gasteiger partial charge in [0.2, 0.25) is 5.91 Å². The first-order valence-corrected chi connectivity index (χ1v) is 8.91. The molecule has 0 aliphatic carbocycles. The van der Waals surface area contributed by atoms with Crippen molar-refractivity contribution in [3.63, 3.8) is 0 Å². The summed E-state index contributed by atoms with van der Waals surface area (Å²) in [6.45, 7) is 9.27. The van der Waals surface area contributed by atoms with Gasteiger partial charge in [0.1, 0.15) is 5.82 Å². The zero-order valence-corrected chi connectivity index (χ0v) is 15.3. The Morgan fingerprint density at radius 2 is 1.96 bits per heavy atom. The van der Waals surface area contributed by atoms with Crippen LogP contribution in [0.4, 0.5) is 5.82 Å². The molecule has 5 nitrogen and oxygen atoms in total. The Labute approximate surface area is 149 Å². The van der Waals surface area contributed by atoms with Crippen LogP contribution in [0.25, 0.3) is 0 Å². The molecule has 25 heavy (non-hydrogen) atoms. The number of hydrogen-bond donors (Lipinski definition) is 0. The summed E-state index contributed by atoms with van der Waals surface area (Å²) in [4.78, 5) is 26.0. The van der Waals surface area contributed by atoms with Gasteiger partial charge in [-0.15, -0.1) is 0 Å². The summed E-state index contributed by atoms with van der Waals surface area (Å²) in [6, 6.07) is 8.19. The fourth-order valence-corrected chi connectivity index (χ4v) is 3.31. The van der Waals surface area contributed by atoms with Crippen LogP contribution >= 0.6 is 0 Å². The molecule has 1 aromatic carbocycles. The SMILES string of the molecule is Cc1cccc(CC(=O)N2CCCN(c3nc(C)cnc3C)CC2)c1. The average molecular weight is 338 g/mol. The Balaban J connectivity index is 1.65. The van der Waals surface area contributed by atoms with E-state index in [1.54, 1.807) is 6.20 Å². The van der Waals surface area contributed by atoms with Gasteiger partial charge in [0.15, 0.2) is 0 Å². The zero-order chi connectivity index (χ0) is 17.8. The van der Waals surface area contributed by atoms with E-state index >= 15 is 0 Å². The van der Waals surface area contributed by atoms with Gasteiger partial charge in [0.25, 0.3) is 0 Å². The molecule has 2 aromatic rings. The molecule has 1 aromatic heterocycles. The third-order valence-corrected chi connectivity index (χ3v) is 4.64. The molecule has 1 saturated heterocycles. The smallest absolute Gasteiger partial charge is 0.227 e. The van der Waals surface area contributed by atoms with Gasteiger partial charge in [0.05, 0.1) is 17.8 Å². The molecular weight excluding hydrogens is 312 g/mol. The highest BCUT2D eigenvalue weighted by Gasteiger charge is 2.21. The van der Waals surface area contributed by atoms with Crippen molar-refractivity contribution in [3.05, 3.63) is 53.0 Å². The van der Waals surface area contributed by atoms with Crippen LogP contribution in [0.15, 0.2) is 30.5 Å². The average Bonchev–Trinajstić information content (AvgIpc) is 2.83. The predicted octanol–water partition coefficient (Wildman–Crippen LogP) is 2.68. The summed E-state index contributed by atoms with van der Waals surface area (Å²) in [5.41, 5.74) is 4.16. The highest BCUT2D eigenvalue weighted by molar-refractivity contribution is 5.79. The second-order valence-electron chi connectivity index (χ2n) is 6.81. The molecule has 0 saturated carbocycles. The minimum absolute atomic E-state index is 0.208. The van der Waals surface area contributed by atoms with Crippen LogP contribution in [0.2, 0.25) is 0 Å². The van der Waals surface area contributed by atoms with E-state index in [0.717, 1.165) is 55.4 Å². The first-order chi connectivity index (χ1) is 12.0. The number of hydrogen-bond acceptors (Lipinski definition) is 4. The Bertz CT molecular complexity index is 759. The van der Waals surface area contributed by atoms with E-state index in [9.17, 15) is 4.79 Å². The van der Waals surface area contributed by atoms with Crippen LogP contribution in [-0.2, 0) is 11.2 Å². The largest absolute Gasteiger partial charge is 0.353 e. The summed E-state index contributed by atoms with van der Waals surface area (Å²) in [5, 5.41) is 0. The van der Waals surface area contributed by atoms with E-state index in [4.69, 9.17) is 0 Å². The molecule has 0 unspecified atom stereocenters. The summed E-state index contributed by atoms with van der Waals surface area (Å²) in [6.07, 6.45) is 3.23. The van der Waals surface area contributed by atoms with Crippen molar-refractivity contribution >= 4 is 11.7 Å². The molecule has 0 spiro atoms. The topological polar surface area (TPSA) is 49.3 Å². The number of rotatable bonds is 3. The number of benzene rings is 1. The summed E-state index contributed by atoms with van der Waals surface area (Å²) in [5.74, 6) is 1.16. The Kier molecular flexibility index (Phi) is 5.31. The summed E-state index contributed by atoms with van der Waals surface area (Å²) in [7, 11) is 0. The van der Waals surface area contributed by atoms with Crippen LogP contribution in [-0.4, -0.2) is 47.0 Å². The lowest BCUT2D eigenvalue weighted by molar-refractivity contribution is -0.130. The lowest BCUT2D eigenvalue weighted by Gasteiger charge is -2.24. The van der Waals surface area contributed by atoms with Gasteiger partial charge in [0, 0.05) is 32.4 Å². The molecule has 5 heteroatoms.